The largest absolute Gasteiger partial charge is 0.401 e. The van der Waals surface area contributed by atoms with Gasteiger partial charge in [0.1, 0.15) is 0 Å². The smallest absolute Gasteiger partial charge is 0.306 e. The Labute approximate surface area is 95.1 Å². The molecule has 1 rings (SSSR count). The Morgan fingerprint density at radius 2 is 1.81 bits per heavy atom. The highest BCUT2D eigenvalue weighted by atomic mass is 31.2. The van der Waals surface area contributed by atoms with Crippen LogP contribution in [-0.4, -0.2) is 19.7 Å². The van der Waals surface area contributed by atoms with Crippen molar-refractivity contribution in [3.05, 3.63) is 35.4 Å². The van der Waals surface area contributed by atoms with Crippen LogP contribution in [0.3, 0.4) is 0 Å². The molecule has 5 heteroatoms. The summed E-state index contributed by atoms with van der Waals surface area (Å²) in [5.41, 5.74) is 0.647. The fraction of sp³-hybridized carbons (Fsp3) is 0.364. The number of aryl methyl sites for hydroxylation is 1. The van der Waals surface area contributed by atoms with E-state index in [0.29, 0.717) is 12.0 Å². The number of rotatable bonds is 5. The summed E-state index contributed by atoms with van der Waals surface area (Å²) < 4.78 is 21.3. The van der Waals surface area contributed by atoms with Gasteiger partial charge in [0.15, 0.2) is 0 Å². The van der Waals surface area contributed by atoms with E-state index in [1.54, 1.807) is 12.1 Å². The van der Waals surface area contributed by atoms with E-state index in [9.17, 15) is 9.36 Å². The maximum absolute atomic E-state index is 12.0. The molecule has 4 nitrogen and oxygen atoms in total. The highest BCUT2D eigenvalue weighted by Gasteiger charge is 2.34. The van der Waals surface area contributed by atoms with Crippen molar-refractivity contribution < 1.29 is 18.4 Å². The van der Waals surface area contributed by atoms with Crippen LogP contribution in [-0.2, 0) is 20.0 Å². The second-order valence-corrected chi connectivity index (χ2v) is 5.31. The zero-order valence-electron chi connectivity index (χ0n) is 9.60. The average molecular weight is 242 g/mol. The number of benzene rings is 1. The first kappa shape index (κ1) is 13.1. The SMILES string of the molecule is CCc1ccccc1C(=O)P(=O)(OC)OC. The molecule has 0 unspecified atom stereocenters. The van der Waals surface area contributed by atoms with Crippen LogP contribution in [0.2, 0.25) is 0 Å². The van der Waals surface area contributed by atoms with Gasteiger partial charge in [0.2, 0.25) is 0 Å². The van der Waals surface area contributed by atoms with Crippen molar-refractivity contribution in [2.45, 2.75) is 13.3 Å². The average Bonchev–Trinajstić information content (AvgIpc) is 2.36. The normalized spacial score (nSPS) is 11.4. The Morgan fingerprint density at radius 1 is 1.25 bits per heavy atom. The maximum atomic E-state index is 12.0. The number of hydrogen-bond acceptors (Lipinski definition) is 4. The van der Waals surface area contributed by atoms with Crippen LogP contribution in [0.1, 0.15) is 22.8 Å². The van der Waals surface area contributed by atoms with Crippen molar-refractivity contribution in [1.82, 2.24) is 0 Å². The third-order valence-electron chi connectivity index (χ3n) is 2.36. The minimum absolute atomic E-state index is 0.400. The Balaban J connectivity index is 3.19. The molecule has 88 valence electrons. The highest BCUT2D eigenvalue weighted by Crippen LogP contribution is 2.49. The lowest BCUT2D eigenvalue weighted by Crippen LogP contribution is -2.07. The fourth-order valence-corrected chi connectivity index (χ4v) is 2.42. The predicted octanol–water partition coefficient (Wildman–Crippen LogP) is 2.88. The van der Waals surface area contributed by atoms with Crippen molar-refractivity contribution in [2.24, 2.45) is 0 Å². The van der Waals surface area contributed by atoms with Crippen molar-refractivity contribution >= 4 is 13.1 Å². The molecule has 1 aromatic rings. The molecular weight excluding hydrogens is 227 g/mol. The third kappa shape index (κ3) is 2.40. The molecule has 0 N–H and O–H groups in total. The van der Waals surface area contributed by atoms with Gasteiger partial charge < -0.3 is 9.05 Å². The van der Waals surface area contributed by atoms with Gasteiger partial charge in [-0.1, -0.05) is 31.2 Å². The van der Waals surface area contributed by atoms with E-state index in [4.69, 9.17) is 0 Å². The van der Waals surface area contributed by atoms with E-state index in [0.717, 1.165) is 5.56 Å². The molecule has 0 aliphatic carbocycles. The van der Waals surface area contributed by atoms with Gasteiger partial charge in [-0.15, -0.1) is 0 Å². The molecule has 0 heterocycles. The summed E-state index contributed by atoms with van der Waals surface area (Å²) in [6.45, 7) is 1.93. The first-order valence-corrected chi connectivity index (χ1v) is 6.47. The molecule has 0 aliphatic heterocycles. The molecule has 0 amide bonds. The Kier molecular flexibility index (Phi) is 4.42. The van der Waals surface area contributed by atoms with Crippen LogP contribution >= 0.6 is 7.60 Å². The van der Waals surface area contributed by atoms with Gasteiger partial charge in [-0.05, 0) is 12.0 Å². The van der Waals surface area contributed by atoms with E-state index in [2.05, 4.69) is 9.05 Å². The molecular formula is C11H15O4P. The summed E-state index contributed by atoms with van der Waals surface area (Å²) in [6, 6.07) is 7.01. The molecule has 0 fully saturated rings. The minimum Gasteiger partial charge on any atom is -0.306 e. The second kappa shape index (κ2) is 5.39. The van der Waals surface area contributed by atoms with Crippen molar-refractivity contribution in [3.8, 4) is 0 Å². The van der Waals surface area contributed by atoms with E-state index in [1.165, 1.54) is 14.2 Å². The van der Waals surface area contributed by atoms with E-state index in [1.807, 2.05) is 19.1 Å². The van der Waals surface area contributed by atoms with Crippen LogP contribution in [0.4, 0.5) is 0 Å². The Bertz CT molecular complexity index is 420. The van der Waals surface area contributed by atoms with Gasteiger partial charge in [-0.3, -0.25) is 9.36 Å². The van der Waals surface area contributed by atoms with Gasteiger partial charge in [0.25, 0.3) is 5.52 Å². The van der Waals surface area contributed by atoms with Crippen LogP contribution in [0.25, 0.3) is 0 Å². The van der Waals surface area contributed by atoms with E-state index >= 15 is 0 Å². The molecule has 0 bridgehead atoms. The summed E-state index contributed by atoms with van der Waals surface area (Å²) in [6.07, 6.45) is 0.690. The fourth-order valence-electron chi connectivity index (χ4n) is 1.43. The summed E-state index contributed by atoms with van der Waals surface area (Å²) in [5, 5.41) is 0. The highest BCUT2D eigenvalue weighted by molar-refractivity contribution is 7.72. The van der Waals surface area contributed by atoms with Crippen LogP contribution < -0.4 is 0 Å². The maximum Gasteiger partial charge on any atom is 0.401 e. The topological polar surface area (TPSA) is 52.6 Å². The minimum atomic E-state index is -3.67. The van der Waals surface area contributed by atoms with E-state index < -0.39 is 13.1 Å². The molecule has 0 aromatic heterocycles. The zero-order valence-corrected chi connectivity index (χ0v) is 10.5. The third-order valence-corrected chi connectivity index (χ3v) is 4.06. The summed E-state index contributed by atoms with van der Waals surface area (Å²) in [5.74, 6) is 0. The lowest BCUT2D eigenvalue weighted by atomic mass is 10.1. The van der Waals surface area contributed by atoms with Crippen molar-refractivity contribution in [1.29, 1.82) is 0 Å². The van der Waals surface area contributed by atoms with Crippen molar-refractivity contribution in [2.75, 3.05) is 14.2 Å². The molecule has 1 aromatic carbocycles. The number of hydrogen-bond donors (Lipinski definition) is 0. The molecule has 0 atom stereocenters. The number of carbonyl (C=O) groups is 1. The van der Waals surface area contributed by atoms with Crippen LogP contribution in [0.5, 0.6) is 0 Å². The standard InChI is InChI=1S/C11H15O4P/c1-4-9-7-5-6-8-10(9)11(12)16(13,14-2)15-3/h5-8H,4H2,1-3H3. The number of carbonyl (C=O) groups excluding carboxylic acids is 1. The van der Waals surface area contributed by atoms with Gasteiger partial charge in [-0.2, -0.15) is 0 Å². The monoisotopic (exact) mass is 242 g/mol. The first-order chi connectivity index (χ1) is 7.59. The summed E-state index contributed by atoms with van der Waals surface area (Å²) in [7, 11) is -1.26. The van der Waals surface area contributed by atoms with Crippen molar-refractivity contribution in [3.63, 3.8) is 0 Å². The molecule has 16 heavy (non-hydrogen) atoms. The second-order valence-electron chi connectivity index (χ2n) is 3.18. The lowest BCUT2D eigenvalue weighted by Gasteiger charge is -2.13. The first-order valence-electron chi connectivity index (χ1n) is 4.93. The summed E-state index contributed by atoms with van der Waals surface area (Å²) >= 11 is 0. The van der Waals surface area contributed by atoms with Gasteiger partial charge >= 0.3 is 7.60 Å². The zero-order chi connectivity index (χ0) is 12.2. The van der Waals surface area contributed by atoms with Crippen LogP contribution in [0, 0.1) is 0 Å². The molecule has 0 saturated heterocycles. The molecule has 0 saturated carbocycles. The quantitative estimate of drug-likeness (QED) is 0.745. The molecule has 0 spiro atoms. The van der Waals surface area contributed by atoms with E-state index in [-0.39, 0.29) is 0 Å². The lowest BCUT2D eigenvalue weighted by molar-refractivity contribution is 0.102. The van der Waals surface area contributed by atoms with Gasteiger partial charge in [0.05, 0.1) is 0 Å². The Morgan fingerprint density at radius 3 is 2.31 bits per heavy atom. The Hall–Kier alpha value is -0.960. The molecule has 0 radical (unpaired) electrons. The molecule has 0 aliphatic rings. The summed E-state index contributed by atoms with van der Waals surface area (Å²) in [4.78, 5) is 12.0. The predicted molar refractivity (Wildman–Crippen MR) is 61.8 cm³/mol. The van der Waals surface area contributed by atoms with Gasteiger partial charge in [0, 0.05) is 19.8 Å². The van der Waals surface area contributed by atoms with Gasteiger partial charge in [-0.25, -0.2) is 0 Å². The van der Waals surface area contributed by atoms with Crippen LogP contribution in [0.15, 0.2) is 24.3 Å².